The Bertz CT molecular complexity index is 68.6. The van der Waals surface area contributed by atoms with Crippen molar-refractivity contribution in [2.24, 2.45) is 0 Å². The van der Waals surface area contributed by atoms with Crippen molar-refractivity contribution in [2.75, 3.05) is 0 Å². The van der Waals surface area contributed by atoms with Gasteiger partial charge in [-0.15, -0.1) is 0 Å². The van der Waals surface area contributed by atoms with E-state index in [9.17, 15) is 0 Å². The second kappa shape index (κ2) is 7.20. The summed E-state index contributed by atoms with van der Waals surface area (Å²) in [4.78, 5) is 0. The van der Waals surface area contributed by atoms with Gasteiger partial charge in [0, 0.05) is 6.10 Å². The molecule has 0 amide bonds. The topological polar surface area (TPSA) is 9.23 Å². The molecule has 0 rings (SSSR count). The lowest BCUT2D eigenvalue weighted by Gasteiger charge is -2.09. The normalized spacial score (nSPS) is 12.7. The lowest BCUT2D eigenvalue weighted by molar-refractivity contribution is 0.222. The number of hydrogen-bond donors (Lipinski definition) is 0. The molecule has 0 N–H and O–H groups in total. The molecule has 0 saturated heterocycles. The molecule has 0 radical (unpaired) electrons. The molecule has 0 aliphatic heterocycles. The summed E-state index contributed by atoms with van der Waals surface area (Å²) >= 11 is 0. The third kappa shape index (κ3) is 6.21. The second-order valence-corrected chi connectivity index (χ2v) is 2.76. The zero-order valence-electron chi connectivity index (χ0n) is 7.52. The minimum absolute atomic E-state index is 0.469. The summed E-state index contributed by atoms with van der Waals surface area (Å²) in [5.41, 5.74) is 0. The largest absolute Gasteiger partial charge is 0.437 e. The van der Waals surface area contributed by atoms with Crippen LogP contribution in [-0.4, -0.2) is 20.9 Å². The SMILES string of the molecule is CBCCCC(C)OBC. The summed E-state index contributed by atoms with van der Waals surface area (Å²) in [6.45, 7) is 6.43. The molecule has 0 saturated carbocycles. The van der Waals surface area contributed by atoms with E-state index in [1.165, 1.54) is 26.4 Å². The Morgan fingerprint density at radius 3 is 2.60 bits per heavy atom. The predicted molar refractivity (Wildman–Crippen MR) is 50.6 cm³/mol. The first kappa shape index (κ1) is 10.1. The highest BCUT2D eigenvalue weighted by atomic mass is 16.4. The molecule has 0 spiro atoms. The van der Waals surface area contributed by atoms with E-state index in [4.69, 9.17) is 4.65 Å². The first-order valence-corrected chi connectivity index (χ1v) is 4.42. The van der Waals surface area contributed by atoms with Crippen LogP contribution in [0.25, 0.3) is 0 Å². The van der Waals surface area contributed by atoms with E-state index >= 15 is 0 Å². The molecule has 0 aliphatic rings. The van der Waals surface area contributed by atoms with Gasteiger partial charge in [-0.3, -0.25) is 0 Å². The van der Waals surface area contributed by atoms with Crippen LogP contribution in [0.1, 0.15) is 19.8 Å². The molecule has 0 bridgehead atoms. The molecule has 0 aromatic heterocycles. The minimum Gasteiger partial charge on any atom is -0.437 e. The average molecular weight is 140 g/mol. The fourth-order valence-electron chi connectivity index (χ4n) is 1.05. The van der Waals surface area contributed by atoms with Crippen LogP contribution in [0, 0.1) is 0 Å². The van der Waals surface area contributed by atoms with Crippen LogP contribution >= 0.6 is 0 Å². The Morgan fingerprint density at radius 2 is 2.10 bits per heavy atom. The molecule has 3 heteroatoms. The quantitative estimate of drug-likeness (QED) is 0.400. The third-order valence-corrected chi connectivity index (χ3v) is 1.67. The van der Waals surface area contributed by atoms with Crippen LogP contribution in [-0.2, 0) is 4.65 Å². The minimum atomic E-state index is 0.469. The van der Waals surface area contributed by atoms with Crippen molar-refractivity contribution < 1.29 is 4.65 Å². The number of rotatable bonds is 6. The van der Waals surface area contributed by atoms with Crippen LogP contribution in [0.2, 0.25) is 20.0 Å². The Morgan fingerprint density at radius 1 is 1.40 bits per heavy atom. The van der Waals surface area contributed by atoms with Gasteiger partial charge in [0.1, 0.15) is 7.28 Å². The molecule has 1 atom stereocenters. The van der Waals surface area contributed by atoms with Gasteiger partial charge in [0.25, 0.3) is 7.48 Å². The van der Waals surface area contributed by atoms with Gasteiger partial charge in [0.05, 0.1) is 0 Å². The molecular formula is C7H18B2O. The van der Waals surface area contributed by atoms with E-state index in [1.54, 1.807) is 0 Å². The maximum Gasteiger partial charge on any atom is 0.272 e. The summed E-state index contributed by atoms with van der Waals surface area (Å²) in [7, 11) is 2.16. The summed E-state index contributed by atoms with van der Waals surface area (Å²) in [5.74, 6) is 0. The molecule has 0 aromatic rings. The Kier molecular flexibility index (Phi) is 7.26. The fourth-order valence-corrected chi connectivity index (χ4v) is 1.05. The fraction of sp³-hybridized carbons (Fsp3) is 1.00. The first-order chi connectivity index (χ1) is 4.81. The van der Waals surface area contributed by atoms with Crippen molar-refractivity contribution in [1.82, 2.24) is 0 Å². The van der Waals surface area contributed by atoms with Gasteiger partial charge in [-0.1, -0.05) is 26.4 Å². The third-order valence-electron chi connectivity index (χ3n) is 1.67. The molecule has 0 heterocycles. The maximum atomic E-state index is 5.39. The van der Waals surface area contributed by atoms with Gasteiger partial charge in [0.2, 0.25) is 0 Å². The van der Waals surface area contributed by atoms with Gasteiger partial charge in [0.15, 0.2) is 0 Å². The highest BCUT2D eigenvalue weighted by Crippen LogP contribution is 2.03. The van der Waals surface area contributed by atoms with Crippen molar-refractivity contribution in [2.45, 2.75) is 45.8 Å². The van der Waals surface area contributed by atoms with E-state index in [2.05, 4.69) is 20.6 Å². The molecule has 58 valence electrons. The van der Waals surface area contributed by atoms with Crippen molar-refractivity contribution >= 4 is 14.8 Å². The van der Waals surface area contributed by atoms with E-state index < -0.39 is 0 Å². The zero-order valence-corrected chi connectivity index (χ0v) is 7.52. The molecule has 0 fully saturated rings. The monoisotopic (exact) mass is 140 g/mol. The van der Waals surface area contributed by atoms with Crippen LogP contribution in [0.3, 0.4) is 0 Å². The van der Waals surface area contributed by atoms with Crippen molar-refractivity contribution in [3.8, 4) is 0 Å². The van der Waals surface area contributed by atoms with Gasteiger partial charge >= 0.3 is 0 Å². The van der Waals surface area contributed by atoms with Crippen molar-refractivity contribution in [3.05, 3.63) is 0 Å². The molecular weight excluding hydrogens is 122 g/mol. The van der Waals surface area contributed by atoms with Crippen molar-refractivity contribution in [1.29, 1.82) is 0 Å². The van der Waals surface area contributed by atoms with Crippen LogP contribution in [0.5, 0.6) is 0 Å². The standard InChI is InChI=1S/C7H18B2O/c1-7(10-9-3)5-4-6-8-2/h7-9H,4-6H2,1-3H3. The van der Waals surface area contributed by atoms with Gasteiger partial charge in [-0.05, 0) is 13.3 Å². The highest BCUT2D eigenvalue weighted by Gasteiger charge is 1.98. The smallest absolute Gasteiger partial charge is 0.272 e. The lowest BCUT2D eigenvalue weighted by Crippen LogP contribution is -2.09. The number of hydrogen-bond acceptors (Lipinski definition) is 1. The van der Waals surface area contributed by atoms with Crippen molar-refractivity contribution in [3.63, 3.8) is 0 Å². The summed E-state index contributed by atoms with van der Waals surface area (Å²) in [6, 6.07) is 0. The highest BCUT2D eigenvalue weighted by molar-refractivity contribution is 6.33. The van der Waals surface area contributed by atoms with E-state index in [0.29, 0.717) is 6.10 Å². The van der Waals surface area contributed by atoms with Crippen LogP contribution in [0.15, 0.2) is 0 Å². The summed E-state index contributed by atoms with van der Waals surface area (Å²) in [6.07, 6.45) is 4.35. The molecule has 1 nitrogen and oxygen atoms in total. The van der Waals surface area contributed by atoms with Gasteiger partial charge in [-0.25, -0.2) is 0 Å². The second-order valence-electron chi connectivity index (χ2n) is 2.76. The average Bonchev–Trinajstić information content (AvgIpc) is 1.89. The Labute approximate surface area is 66.1 Å². The maximum absolute atomic E-state index is 5.39. The Hall–Kier alpha value is 0.0899. The van der Waals surface area contributed by atoms with Gasteiger partial charge in [-0.2, -0.15) is 0 Å². The van der Waals surface area contributed by atoms with E-state index in [1.807, 2.05) is 0 Å². The van der Waals surface area contributed by atoms with Crippen LogP contribution in [0.4, 0.5) is 0 Å². The van der Waals surface area contributed by atoms with E-state index in [0.717, 1.165) is 7.48 Å². The first-order valence-electron chi connectivity index (χ1n) is 4.42. The lowest BCUT2D eigenvalue weighted by atomic mass is 9.76. The molecule has 0 aliphatic carbocycles. The predicted octanol–water partition coefficient (Wildman–Crippen LogP) is 1.47. The van der Waals surface area contributed by atoms with Crippen LogP contribution < -0.4 is 0 Å². The summed E-state index contributed by atoms with van der Waals surface area (Å²) in [5, 5.41) is 0. The molecule has 1 unspecified atom stereocenters. The molecule has 10 heavy (non-hydrogen) atoms. The molecule has 0 aromatic carbocycles. The van der Waals surface area contributed by atoms with E-state index in [-0.39, 0.29) is 0 Å². The Balaban J connectivity index is 2.97. The van der Waals surface area contributed by atoms with Gasteiger partial charge < -0.3 is 4.65 Å². The zero-order chi connectivity index (χ0) is 7.82. The summed E-state index contributed by atoms with van der Waals surface area (Å²) < 4.78 is 5.39.